The molecule has 154 valence electrons. The summed E-state index contributed by atoms with van der Waals surface area (Å²) in [5, 5.41) is 1.26. The molecule has 0 amide bonds. The molecule has 1 aliphatic rings. The molecule has 0 spiro atoms. The second-order valence-corrected chi connectivity index (χ2v) is 8.75. The van der Waals surface area contributed by atoms with Gasteiger partial charge in [-0.25, -0.2) is 8.42 Å². The topological polar surface area (TPSA) is 66.9 Å². The van der Waals surface area contributed by atoms with E-state index >= 15 is 0 Å². The number of benzene rings is 2. The highest BCUT2D eigenvalue weighted by atomic mass is 32.2. The lowest BCUT2D eigenvalue weighted by molar-refractivity contribution is -0.146. The van der Waals surface area contributed by atoms with E-state index in [-0.39, 0.29) is 19.1 Å². The molecule has 1 heterocycles. The van der Waals surface area contributed by atoms with Crippen molar-refractivity contribution in [3.63, 3.8) is 0 Å². The molecular formula is C22H26N2O4S. The molecule has 2 aromatic rings. The fourth-order valence-electron chi connectivity index (χ4n) is 3.14. The number of carbonyl (C=O) groups is 1. The zero-order chi connectivity index (χ0) is 20.5. The van der Waals surface area contributed by atoms with Crippen LogP contribution >= 0.6 is 0 Å². The van der Waals surface area contributed by atoms with Crippen molar-refractivity contribution in [3.8, 4) is 0 Å². The third kappa shape index (κ3) is 6.81. The Hall–Kier alpha value is -2.48. The van der Waals surface area contributed by atoms with Gasteiger partial charge in [0.05, 0.1) is 6.54 Å². The second kappa shape index (κ2) is 10.3. The number of rotatable bonds is 7. The van der Waals surface area contributed by atoms with Gasteiger partial charge in [0.25, 0.3) is 0 Å². The molecule has 0 bridgehead atoms. The third-order valence-corrected chi connectivity index (χ3v) is 6.30. The fraction of sp³-hybridized carbons (Fsp3) is 0.318. The summed E-state index contributed by atoms with van der Waals surface area (Å²) in [7, 11) is -3.49. The van der Waals surface area contributed by atoms with Crippen LogP contribution in [0.15, 0.2) is 66.1 Å². The highest BCUT2D eigenvalue weighted by Gasteiger charge is 2.24. The second-order valence-electron chi connectivity index (χ2n) is 6.93. The minimum absolute atomic E-state index is 0.167. The highest BCUT2D eigenvalue weighted by Crippen LogP contribution is 2.12. The first-order valence-electron chi connectivity index (χ1n) is 9.68. The van der Waals surface area contributed by atoms with Crippen LogP contribution in [0.1, 0.15) is 17.5 Å². The highest BCUT2D eigenvalue weighted by molar-refractivity contribution is 7.92. The van der Waals surface area contributed by atoms with E-state index in [1.165, 1.54) is 9.71 Å². The first kappa shape index (κ1) is 21.2. The first-order valence-corrected chi connectivity index (χ1v) is 11.2. The number of nitrogens with zero attached hydrogens (tertiary/aromatic N) is 2. The summed E-state index contributed by atoms with van der Waals surface area (Å²) in [6.45, 7) is 2.37. The van der Waals surface area contributed by atoms with Crippen molar-refractivity contribution >= 4 is 22.1 Å². The number of sulfonamides is 1. The van der Waals surface area contributed by atoms with Crippen molar-refractivity contribution in [2.45, 2.75) is 13.0 Å². The summed E-state index contributed by atoms with van der Waals surface area (Å²) < 4.78 is 32.1. The van der Waals surface area contributed by atoms with Gasteiger partial charge >= 0.3 is 5.97 Å². The van der Waals surface area contributed by atoms with Crippen molar-refractivity contribution < 1.29 is 17.9 Å². The van der Waals surface area contributed by atoms with Crippen LogP contribution in [-0.2, 0) is 26.2 Å². The van der Waals surface area contributed by atoms with Crippen LogP contribution in [0.5, 0.6) is 0 Å². The van der Waals surface area contributed by atoms with E-state index in [1.807, 2.05) is 65.6 Å². The monoisotopic (exact) mass is 414 g/mol. The van der Waals surface area contributed by atoms with Gasteiger partial charge in [-0.1, -0.05) is 60.7 Å². The van der Waals surface area contributed by atoms with Crippen molar-refractivity contribution in [2.24, 2.45) is 0 Å². The van der Waals surface area contributed by atoms with E-state index in [0.717, 1.165) is 11.1 Å². The van der Waals surface area contributed by atoms with E-state index < -0.39 is 10.0 Å². The normalized spacial score (nSPS) is 16.6. The lowest BCUT2D eigenvalue weighted by Crippen LogP contribution is -2.36. The number of hydrogen-bond donors (Lipinski definition) is 0. The molecule has 0 aromatic heterocycles. The van der Waals surface area contributed by atoms with Gasteiger partial charge in [-0.2, -0.15) is 4.31 Å². The predicted molar refractivity (Wildman–Crippen MR) is 113 cm³/mol. The maximum absolute atomic E-state index is 12.6. The minimum Gasteiger partial charge on any atom is -0.460 e. The lowest BCUT2D eigenvalue weighted by atomic mass is 10.2. The lowest BCUT2D eigenvalue weighted by Gasteiger charge is -2.20. The predicted octanol–water partition coefficient (Wildman–Crippen LogP) is 2.74. The molecule has 0 unspecified atom stereocenters. The molecule has 7 heteroatoms. The quantitative estimate of drug-likeness (QED) is 0.652. The molecule has 0 radical (unpaired) electrons. The Labute approximate surface area is 172 Å². The third-order valence-electron chi connectivity index (χ3n) is 4.73. The van der Waals surface area contributed by atoms with Gasteiger partial charge < -0.3 is 4.74 Å². The molecule has 29 heavy (non-hydrogen) atoms. The molecule has 0 atom stereocenters. The molecule has 6 nitrogen and oxygen atoms in total. The molecule has 0 N–H and O–H groups in total. The van der Waals surface area contributed by atoms with Crippen LogP contribution in [0, 0.1) is 0 Å². The number of ether oxygens (including phenoxy) is 1. The SMILES string of the molecule is O=C(CN1CCCN(S(=O)(=O)C=Cc2ccccc2)CC1)OCc1ccccc1. The minimum atomic E-state index is -3.49. The smallest absolute Gasteiger partial charge is 0.320 e. The van der Waals surface area contributed by atoms with Gasteiger partial charge in [-0.05, 0) is 23.6 Å². The van der Waals surface area contributed by atoms with Crippen LogP contribution in [0.4, 0.5) is 0 Å². The Bertz CT molecular complexity index is 914. The summed E-state index contributed by atoms with van der Waals surface area (Å²) in [5.41, 5.74) is 1.79. The Balaban J connectivity index is 1.49. The van der Waals surface area contributed by atoms with E-state index in [2.05, 4.69) is 0 Å². The van der Waals surface area contributed by atoms with Gasteiger partial charge in [0.1, 0.15) is 6.61 Å². The average molecular weight is 415 g/mol. The van der Waals surface area contributed by atoms with E-state index in [4.69, 9.17) is 4.74 Å². The van der Waals surface area contributed by atoms with E-state index in [1.54, 1.807) is 6.08 Å². The summed E-state index contributed by atoms with van der Waals surface area (Å²) in [5.74, 6) is -0.297. The molecule has 1 aliphatic heterocycles. The number of esters is 1. The maximum Gasteiger partial charge on any atom is 0.320 e. The van der Waals surface area contributed by atoms with Crippen molar-refractivity contribution in [1.82, 2.24) is 9.21 Å². The van der Waals surface area contributed by atoms with Crippen LogP contribution in [0.2, 0.25) is 0 Å². The van der Waals surface area contributed by atoms with Crippen LogP contribution < -0.4 is 0 Å². The van der Waals surface area contributed by atoms with Crippen LogP contribution in [-0.4, -0.2) is 56.3 Å². The van der Waals surface area contributed by atoms with Crippen molar-refractivity contribution in [3.05, 3.63) is 77.2 Å². The number of hydrogen-bond acceptors (Lipinski definition) is 5. The van der Waals surface area contributed by atoms with Crippen LogP contribution in [0.3, 0.4) is 0 Å². The van der Waals surface area contributed by atoms with Gasteiger partial charge in [-0.3, -0.25) is 9.69 Å². The molecule has 0 aliphatic carbocycles. The Kier molecular flexibility index (Phi) is 7.57. The Morgan fingerprint density at radius 3 is 2.34 bits per heavy atom. The average Bonchev–Trinajstić information content (AvgIpc) is 2.98. The molecule has 2 aromatic carbocycles. The van der Waals surface area contributed by atoms with E-state index in [9.17, 15) is 13.2 Å². The molecule has 0 saturated carbocycles. The van der Waals surface area contributed by atoms with Crippen LogP contribution in [0.25, 0.3) is 6.08 Å². The van der Waals surface area contributed by atoms with E-state index in [0.29, 0.717) is 32.6 Å². The zero-order valence-corrected chi connectivity index (χ0v) is 17.1. The molecular weight excluding hydrogens is 388 g/mol. The van der Waals surface area contributed by atoms with Gasteiger partial charge in [0.2, 0.25) is 10.0 Å². The maximum atomic E-state index is 12.6. The standard InChI is InChI=1S/C22H26N2O4S/c25-22(28-19-21-10-5-2-6-11-21)18-23-13-7-14-24(16-15-23)29(26,27)17-12-20-8-3-1-4-9-20/h1-6,8-12,17H,7,13-16,18-19H2. The molecule has 1 saturated heterocycles. The Morgan fingerprint density at radius 1 is 0.931 bits per heavy atom. The Morgan fingerprint density at radius 2 is 1.62 bits per heavy atom. The number of carbonyl (C=O) groups excluding carboxylic acids is 1. The summed E-state index contributed by atoms with van der Waals surface area (Å²) in [4.78, 5) is 14.1. The first-order chi connectivity index (χ1) is 14.0. The molecule has 1 fully saturated rings. The van der Waals surface area contributed by atoms with Crippen molar-refractivity contribution in [2.75, 3.05) is 32.7 Å². The van der Waals surface area contributed by atoms with Crippen molar-refractivity contribution in [1.29, 1.82) is 0 Å². The van der Waals surface area contributed by atoms with Gasteiger partial charge in [0.15, 0.2) is 0 Å². The van der Waals surface area contributed by atoms with Gasteiger partial charge in [-0.15, -0.1) is 0 Å². The summed E-state index contributed by atoms with van der Waals surface area (Å²) in [6, 6.07) is 18.9. The van der Waals surface area contributed by atoms with Gasteiger partial charge in [0, 0.05) is 31.6 Å². The zero-order valence-electron chi connectivity index (χ0n) is 16.3. The largest absolute Gasteiger partial charge is 0.460 e. The summed E-state index contributed by atoms with van der Waals surface area (Å²) >= 11 is 0. The molecule has 3 rings (SSSR count). The fourth-order valence-corrected chi connectivity index (χ4v) is 4.36. The summed E-state index contributed by atoms with van der Waals surface area (Å²) in [6.07, 6.45) is 2.28.